The van der Waals surface area contributed by atoms with Crippen molar-refractivity contribution in [1.29, 1.82) is 0 Å². The molecule has 2 amide bonds. The Kier molecular flexibility index (Phi) is 12.0. The molecule has 2 aromatic carbocycles. The monoisotopic (exact) mass is 582 g/mol. The van der Waals surface area contributed by atoms with Gasteiger partial charge >= 0.3 is 6.36 Å². The molecular formula is C27H30ClF3N4O5. The van der Waals surface area contributed by atoms with Gasteiger partial charge in [-0.15, -0.1) is 13.2 Å². The zero-order chi connectivity index (χ0) is 29.9. The van der Waals surface area contributed by atoms with Crippen molar-refractivity contribution in [3.8, 4) is 11.5 Å². The fraction of sp³-hybridized carbons (Fsp3) is 0.333. The number of likely N-dealkylation sites (N-methyl/N-ethyl adjacent to an activating group) is 1. The Balaban J connectivity index is 2.52. The number of nitrogens with zero attached hydrogens (tertiary/aromatic N) is 4. The molecule has 13 heteroatoms. The van der Waals surface area contributed by atoms with Crippen LogP contribution in [0.15, 0.2) is 65.0 Å². The first-order valence-electron chi connectivity index (χ1n) is 12.0. The van der Waals surface area contributed by atoms with Crippen LogP contribution in [0.5, 0.6) is 11.5 Å². The number of halogens is 4. The quantitative estimate of drug-likeness (QED) is 0.129. The van der Waals surface area contributed by atoms with Gasteiger partial charge in [-0.25, -0.2) is 4.99 Å². The number of Topliss-reactive ketones (excluding diaryl/α,β-unsaturated/α-hetero) is 1. The van der Waals surface area contributed by atoms with Gasteiger partial charge in [-0.1, -0.05) is 36.7 Å². The van der Waals surface area contributed by atoms with Crippen molar-refractivity contribution in [3.63, 3.8) is 0 Å². The van der Waals surface area contributed by atoms with E-state index in [1.807, 2.05) is 0 Å². The lowest BCUT2D eigenvalue weighted by Gasteiger charge is -2.31. The second-order valence-electron chi connectivity index (χ2n) is 8.54. The van der Waals surface area contributed by atoms with Crippen LogP contribution in [-0.4, -0.2) is 73.3 Å². The van der Waals surface area contributed by atoms with Gasteiger partial charge in [0.1, 0.15) is 23.0 Å². The van der Waals surface area contributed by atoms with Gasteiger partial charge in [0, 0.05) is 51.1 Å². The summed E-state index contributed by atoms with van der Waals surface area (Å²) in [5.74, 6) is -1.20. The SMILES string of the molecule is C=N/C(=C(/C(=O)N(C)CCC(=O)CC)N(COc1cccc(OC(F)(F)F)c1)Cc1ccc(Cl)cc1)N(C)C=O. The molecular weight excluding hydrogens is 553 g/mol. The van der Waals surface area contributed by atoms with Crippen LogP contribution in [0.1, 0.15) is 25.3 Å². The van der Waals surface area contributed by atoms with Crippen LogP contribution in [0, 0.1) is 0 Å². The third kappa shape index (κ3) is 9.92. The average molecular weight is 583 g/mol. The van der Waals surface area contributed by atoms with Crippen LogP contribution in [0.25, 0.3) is 0 Å². The molecule has 0 aliphatic rings. The summed E-state index contributed by atoms with van der Waals surface area (Å²) in [6.45, 7) is 5.01. The van der Waals surface area contributed by atoms with Crippen LogP contribution < -0.4 is 9.47 Å². The molecule has 0 saturated heterocycles. The van der Waals surface area contributed by atoms with Gasteiger partial charge in [0.05, 0.1) is 0 Å². The minimum absolute atomic E-state index is 0.0217. The Morgan fingerprint density at radius 2 is 1.75 bits per heavy atom. The summed E-state index contributed by atoms with van der Waals surface area (Å²) in [6, 6.07) is 11.6. The van der Waals surface area contributed by atoms with E-state index in [4.69, 9.17) is 16.3 Å². The number of amides is 2. The smallest absolute Gasteiger partial charge is 0.473 e. The highest BCUT2D eigenvalue weighted by Crippen LogP contribution is 2.27. The van der Waals surface area contributed by atoms with Crippen molar-refractivity contribution < 1.29 is 37.0 Å². The number of carbonyl (C=O) groups excluding carboxylic acids is 3. The maximum Gasteiger partial charge on any atom is 0.573 e. The summed E-state index contributed by atoms with van der Waals surface area (Å²) >= 11 is 6.01. The molecule has 0 unspecified atom stereocenters. The first-order valence-corrected chi connectivity index (χ1v) is 12.4. The molecule has 0 radical (unpaired) electrons. The minimum Gasteiger partial charge on any atom is -0.473 e. The van der Waals surface area contributed by atoms with E-state index in [1.165, 1.54) is 36.0 Å². The number of aliphatic imine (C=N–C) groups is 1. The topological polar surface area (TPSA) is 91.8 Å². The van der Waals surface area contributed by atoms with Crippen molar-refractivity contribution in [1.82, 2.24) is 14.7 Å². The number of rotatable bonds is 15. The van der Waals surface area contributed by atoms with Gasteiger partial charge in [0.15, 0.2) is 12.6 Å². The maximum atomic E-state index is 13.7. The zero-order valence-electron chi connectivity index (χ0n) is 22.3. The number of benzene rings is 2. The zero-order valence-corrected chi connectivity index (χ0v) is 23.0. The van der Waals surface area contributed by atoms with E-state index in [0.29, 0.717) is 23.4 Å². The van der Waals surface area contributed by atoms with E-state index < -0.39 is 18.0 Å². The molecule has 0 fully saturated rings. The molecule has 0 aromatic heterocycles. The number of hydrogen-bond acceptors (Lipinski definition) is 7. The Morgan fingerprint density at radius 1 is 1.10 bits per heavy atom. The molecule has 0 atom stereocenters. The van der Waals surface area contributed by atoms with Crippen LogP contribution in [0.2, 0.25) is 5.02 Å². The first-order chi connectivity index (χ1) is 18.9. The highest BCUT2D eigenvalue weighted by atomic mass is 35.5. The summed E-state index contributed by atoms with van der Waals surface area (Å²) in [6.07, 6.45) is -4.02. The van der Waals surface area contributed by atoms with Gasteiger partial charge in [0.25, 0.3) is 5.91 Å². The van der Waals surface area contributed by atoms with Gasteiger partial charge in [-0.05, 0) is 36.5 Å². The average Bonchev–Trinajstić information content (AvgIpc) is 2.92. The van der Waals surface area contributed by atoms with Crippen molar-refractivity contribution in [3.05, 3.63) is 70.6 Å². The van der Waals surface area contributed by atoms with E-state index in [2.05, 4.69) is 16.4 Å². The van der Waals surface area contributed by atoms with Gasteiger partial charge < -0.3 is 24.2 Å². The number of ether oxygens (including phenoxy) is 2. The third-order valence-corrected chi connectivity index (χ3v) is 5.80. The highest BCUT2D eigenvalue weighted by Gasteiger charge is 2.31. The van der Waals surface area contributed by atoms with E-state index in [-0.39, 0.29) is 49.3 Å². The molecule has 0 N–H and O–H groups in total. The van der Waals surface area contributed by atoms with Crippen LogP contribution in [-0.2, 0) is 20.9 Å². The fourth-order valence-electron chi connectivity index (χ4n) is 3.44. The summed E-state index contributed by atoms with van der Waals surface area (Å²) in [5.41, 5.74) is 0.599. The van der Waals surface area contributed by atoms with Crippen LogP contribution >= 0.6 is 11.6 Å². The fourth-order valence-corrected chi connectivity index (χ4v) is 3.57. The molecule has 2 aromatic rings. The van der Waals surface area contributed by atoms with Crippen LogP contribution in [0.4, 0.5) is 13.2 Å². The summed E-state index contributed by atoms with van der Waals surface area (Å²) < 4.78 is 47.8. The molecule has 0 bridgehead atoms. The number of alkyl halides is 3. The van der Waals surface area contributed by atoms with E-state index in [0.717, 1.165) is 17.0 Å². The predicted octanol–water partition coefficient (Wildman–Crippen LogP) is 4.86. The van der Waals surface area contributed by atoms with Crippen molar-refractivity contribution in [2.75, 3.05) is 27.4 Å². The van der Waals surface area contributed by atoms with Crippen LogP contribution in [0.3, 0.4) is 0 Å². The van der Waals surface area contributed by atoms with E-state index in [9.17, 15) is 27.6 Å². The molecule has 0 spiro atoms. The third-order valence-electron chi connectivity index (χ3n) is 5.55. The first kappa shape index (κ1) is 32.2. The van der Waals surface area contributed by atoms with Gasteiger partial charge in [0.2, 0.25) is 6.41 Å². The highest BCUT2D eigenvalue weighted by molar-refractivity contribution is 6.30. The number of ketones is 1. The molecule has 9 nitrogen and oxygen atoms in total. The van der Waals surface area contributed by atoms with Crippen molar-refractivity contribution in [2.45, 2.75) is 32.7 Å². The number of carbonyl (C=O) groups is 3. The maximum absolute atomic E-state index is 13.7. The largest absolute Gasteiger partial charge is 0.573 e. The molecule has 40 heavy (non-hydrogen) atoms. The molecule has 0 aliphatic heterocycles. The van der Waals surface area contributed by atoms with E-state index >= 15 is 0 Å². The second kappa shape index (κ2) is 14.9. The summed E-state index contributed by atoms with van der Waals surface area (Å²) in [5, 5.41) is 0.481. The Morgan fingerprint density at radius 3 is 2.33 bits per heavy atom. The number of hydrogen-bond donors (Lipinski definition) is 0. The Bertz CT molecular complexity index is 1220. The Labute approximate surface area is 235 Å². The van der Waals surface area contributed by atoms with Gasteiger partial charge in [-0.3, -0.25) is 14.4 Å². The lowest BCUT2D eigenvalue weighted by atomic mass is 10.2. The second-order valence-corrected chi connectivity index (χ2v) is 8.97. The molecule has 2 rings (SSSR count). The minimum atomic E-state index is -4.89. The standard InChI is InChI=1S/C27H30ClF3N4O5/c1-5-21(37)13-14-33(3)26(38)24(25(32-2)34(4)17-36)35(16-19-9-11-20(28)12-10-19)18-39-22-7-6-8-23(15-22)40-27(29,30)31/h6-12,15,17H,2,5,13-14,16,18H2,1,3-4H3/b25-24+. The van der Waals surface area contributed by atoms with E-state index in [1.54, 1.807) is 31.2 Å². The molecule has 216 valence electrons. The summed E-state index contributed by atoms with van der Waals surface area (Å²) in [4.78, 5) is 45.0. The lowest BCUT2D eigenvalue weighted by molar-refractivity contribution is -0.274. The normalized spacial score (nSPS) is 11.7. The predicted molar refractivity (Wildman–Crippen MR) is 144 cm³/mol. The molecule has 0 saturated carbocycles. The lowest BCUT2D eigenvalue weighted by Crippen LogP contribution is -2.41. The van der Waals surface area contributed by atoms with Gasteiger partial charge in [-0.2, -0.15) is 0 Å². The molecule has 0 heterocycles. The summed E-state index contributed by atoms with van der Waals surface area (Å²) in [7, 11) is 2.87. The van der Waals surface area contributed by atoms with Crippen molar-refractivity contribution >= 4 is 36.4 Å². The Hall–Kier alpha value is -4.06. The molecule has 0 aliphatic carbocycles. The van der Waals surface area contributed by atoms with Crippen molar-refractivity contribution in [2.24, 2.45) is 4.99 Å².